The lowest BCUT2D eigenvalue weighted by molar-refractivity contribution is 0.125. The Morgan fingerprint density at radius 3 is 2.08 bits per heavy atom. The van der Waals surface area contributed by atoms with Crippen LogP contribution in [0.5, 0.6) is 17.4 Å². The minimum absolute atomic E-state index is 0.370. The van der Waals surface area contributed by atoms with Crippen LogP contribution in [0.3, 0.4) is 0 Å². The summed E-state index contributed by atoms with van der Waals surface area (Å²) >= 11 is 1.60. The number of benzene rings is 1. The van der Waals surface area contributed by atoms with Gasteiger partial charge in [0.15, 0.2) is 11.5 Å². The van der Waals surface area contributed by atoms with Gasteiger partial charge in [-0.1, -0.05) is 6.07 Å². The zero-order valence-corrected chi connectivity index (χ0v) is 15.2. The number of aromatic nitrogens is 2. The first kappa shape index (κ1) is 16.5. The van der Waals surface area contributed by atoms with Crippen molar-refractivity contribution in [3.05, 3.63) is 29.6 Å². The number of nitrogens with zero attached hydrogens (tertiary/aromatic N) is 2. The van der Waals surface area contributed by atoms with Crippen LogP contribution in [0, 0.1) is 0 Å². The van der Waals surface area contributed by atoms with E-state index < -0.39 is 0 Å². The monoisotopic (exact) mass is 344 g/mol. The van der Waals surface area contributed by atoms with Gasteiger partial charge in [-0.25, -0.2) is 9.97 Å². The third-order valence-electron chi connectivity index (χ3n) is 3.29. The topological polar surface area (TPSA) is 53.5 Å². The average Bonchev–Trinajstić information content (AvgIpc) is 3.05. The molecule has 0 radical (unpaired) electrons. The van der Waals surface area contributed by atoms with Crippen LogP contribution in [-0.4, -0.2) is 29.8 Å². The largest absolute Gasteiger partial charge is 0.493 e. The molecule has 2 heterocycles. The van der Waals surface area contributed by atoms with Crippen molar-refractivity contribution < 1.29 is 14.2 Å². The first-order chi connectivity index (χ1) is 11.4. The van der Waals surface area contributed by atoms with Gasteiger partial charge in [-0.2, -0.15) is 0 Å². The number of fused-ring (bicyclic) bond motifs is 1. The summed E-state index contributed by atoms with van der Waals surface area (Å²) in [5.41, 5.74) is 1.80. The van der Waals surface area contributed by atoms with E-state index in [1.807, 2.05) is 50.4 Å². The van der Waals surface area contributed by atoms with Gasteiger partial charge in [-0.15, -0.1) is 11.3 Å². The molecule has 5 nitrogen and oxygen atoms in total. The van der Waals surface area contributed by atoms with Crippen molar-refractivity contribution in [2.24, 2.45) is 0 Å². The SMILES string of the molecule is COc1cc2nc(OC(C)(C)C)c(-c3cccs3)nc2cc1OC. The van der Waals surface area contributed by atoms with Crippen LogP contribution in [0.25, 0.3) is 21.6 Å². The number of rotatable bonds is 4. The molecule has 0 fully saturated rings. The van der Waals surface area contributed by atoms with E-state index in [1.54, 1.807) is 25.6 Å². The highest BCUT2D eigenvalue weighted by molar-refractivity contribution is 7.13. The normalized spacial score (nSPS) is 11.5. The van der Waals surface area contributed by atoms with Gasteiger partial charge in [0.25, 0.3) is 0 Å². The van der Waals surface area contributed by atoms with Gasteiger partial charge in [0, 0.05) is 12.1 Å². The fourth-order valence-corrected chi connectivity index (χ4v) is 3.01. The molecule has 0 amide bonds. The van der Waals surface area contributed by atoms with Gasteiger partial charge in [-0.05, 0) is 32.2 Å². The number of hydrogen-bond donors (Lipinski definition) is 0. The molecule has 6 heteroatoms. The number of hydrogen-bond acceptors (Lipinski definition) is 6. The lowest BCUT2D eigenvalue weighted by Crippen LogP contribution is -2.24. The number of thiophene rings is 1. The van der Waals surface area contributed by atoms with Crippen LogP contribution in [0.15, 0.2) is 29.6 Å². The summed E-state index contributed by atoms with van der Waals surface area (Å²) < 4.78 is 16.8. The van der Waals surface area contributed by atoms with Crippen LogP contribution in [0.2, 0.25) is 0 Å². The van der Waals surface area contributed by atoms with E-state index in [2.05, 4.69) is 4.98 Å². The van der Waals surface area contributed by atoms with Gasteiger partial charge in [0.1, 0.15) is 11.3 Å². The van der Waals surface area contributed by atoms with Crippen molar-refractivity contribution in [3.63, 3.8) is 0 Å². The fraction of sp³-hybridized carbons (Fsp3) is 0.333. The minimum Gasteiger partial charge on any atom is -0.493 e. The van der Waals surface area contributed by atoms with Crippen LogP contribution >= 0.6 is 11.3 Å². The average molecular weight is 344 g/mol. The summed E-state index contributed by atoms with van der Waals surface area (Å²) in [5, 5.41) is 2.01. The molecular weight excluding hydrogens is 324 g/mol. The van der Waals surface area contributed by atoms with E-state index in [0.29, 0.717) is 22.9 Å². The molecule has 0 aliphatic heterocycles. The second kappa shape index (κ2) is 6.28. The van der Waals surface area contributed by atoms with E-state index in [0.717, 1.165) is 16.1 Å². The summed E-state index contributed by atoms with van der Waals surface area (Å²) in [5.74, 6) is 1.76. The maximum Gasteiger partial charge on any atom is 0.242 e. The predicted octanol–water partition coefficient (Wildman–Crippen LogP) is 4.55. The zero-order valence-electron chi connectivity index (χ0n) is 14.4. The highest BCUT2D eigenvalue weighted by Gasteiger charge is 2.20. The molecule has 2 aromatic heterocycles. The number of methoxy groups -OCH3 is 2. The van der Waals surface area contributed by atoms with Crippen molar-refractivity contribution in [2.75, 3.05) is 14.2 Å². The molecule has 0 spiro atoms. The van der Waals surface area contributed by atoms with E-state index in [9.17, 15) is 0 Å². The lowest BCUT2D eigenvalue weighted by atomic mass is 10.2. The van der Waals surface area contributed by atoms with Gasteiger partial charge in [-0.3, -0.25) is 0 Å². The maximum absolute atomic E-state index is 6.06. The van der Waals surface area contributed by atoms with Crippen molar-refractivity contribution >= 4 is 22.4 Å². The summed E-state index contributed by atoms with van der Waals surface area (Å²) in [7, 11) is 3.21. The van der Waals surface area contributed by atoms with Crippen molar-refractivity contribution in [3.8, 4) is 28.0 Å². The Morgan fingerprint density at radius 2 is 1.58 bits per heavy atom. The molecule has 0 saturated heterocycles. The molecule has 0 aliphatic carbocycles. The van der Waals surface area contributed by atoms with Crippen molar-refractivity contribution in [2.45, 2.75) is 26.4 Å². The summed E-state index contributed by atoms with van der Waals surface area (Å²) in [6.07, 6.45) is 0. The van der Waals surface area contributed by atoms with Crippen LogP contribution in [0.1, 0.15) is 20.8 Å². The van der Waals surface area contributed by atoms with E-state index in [4.69, 9.17) is 19.2 Å². The number of ether oxygens (including phenoxy) is 3. The smallest absolute Gasteiger partial charge is 0.242 e. The second-order valence-corrected chi connectivity index (χ2v) is 7.21. The summed E-state index contributed by atoms with van der Waals surface area (Å²) in [6, 6.07) is 7.65. The highest BCUT2D eigenvalue weighted by atomic mass is 32.1. The quantitative estimate of drug-likeness (QED) is 0.695. The second-order valence-electron chi connectivity index (χ2n) is 6.27. The molecule has 0 aliphatic rings. The molecule has 0 saturated carbocycles. The Kier molecular flexibility index (Phi) is 4.32. The van der Waals surface area contributed by atoms with Gasteiger partial charge >= 0.3 is 0 Å². The molecule has 24 heavy (non-hydrogen) atoms. The third kappa shape index (κ3) is 3.28. The molecule has 0 unspecified atom stereocenters. The van der Waals surface area contributed by atoms with Gasteiger partial charge in [0.05, 0.1) is 30.1 Å². The van der Waals surface area contributed by atoms with Crippen molar-refractivity contribution in [1.29, 1.82) is 0 Å². The lowest BCUT2D eigenvalue weighted by Gasteiger charge is -2.22. The first-order valence-electron chi connectivity index (χ1n) is 7.58. The molecule has 126 valence electrons. The van der Waals surface area contributed by atoms with Gasteiger partial charge in [0.2, 0.25) is 5.88 Å². The Bertz CT molecular complexity index is 855. The maximum atomic E-state index is 6.06. The zero-order chi connectivity index (χ0) is 17.3. The molecular formula is C18H20N2O3S. The predicted molar refractivity (Wildman–Crippen MR) is 96.3 cm³/mol. The van der Waals surface area contributed by atoms with Crippen LogP contribution in [-0.2, 0) is 0 Å². The molecule has 0 N–H and O–H groups in total. The molecule has 3 aromatic rings. The van der Waals surface area contributed by atoms with E-state index in [1.165, 1.54) is 0 Å². The Hall–Kier alpha value is -2.34. The minimum atomic E-state index is -0.370. The fourth-order valence-electron chi connectivity index (χ4n) is 2.30. The first-order valence-corrected chi connectivity index (χ1v) is 8.46. The van der Waals surface area contributed by atoms with Gasteiger partial charge < -0.3 is 14.2 Å². The van der Waals surface area contributed by atoms with E-state index in [-0.39, 0.29) is 5.60 Å². The van der Waals surface area contributed by atoms with Crippen molar-refractivity contribution in [1.82, 2.24) is 9.97 Å². The standard InChI is InChI=1S/C18H20N2O3S/c1-18(2,3)23-17-16(15-7-6-8-24-15)19-11-9-13(21-4)14(22-5)10-12(11)20-17/h6-10H,1-5H3. The Morgan fingerprint density at radius 1 is 0.958 bits per heavy atom. The molecule has 0 atom stereocenters. The molecule has 3 rings (SSSR count). The highest BCUT2D eigenvalue weighted by Crippen LogP contribution is 2.37. The third-order valence-corrected chi connectivity index (χ3v) is 4.17. The molecule has 1 aromatic carbocycles. The van der Waals surface area contributed by atoms with E-state index >= 15 is 0 Å². The Labute approximate surface area is 145 Å². The van der Waals surface area contributed by atoms with Crippen LogP contribution < -0.4 is 14.2 Å². The molecule has 0 bridgehead atoms. The Balaban J connectivity index is 2.24. The van der Waals surface area contributed by atoms with Crippen LogP contribution in [0.4, 0.5) is 0 Å². The summed E-state index contributed by atoms with van der Waals surface area (Å²) in [4.78, 5) is 10.5. The summed E-state index contributed by atoms with van der Waals surface area (Å²) in [6.45, 7) is 5.98.